The third kappa shape index (κ3) is 3.64. The van der Waals surface area contributed by atoms with Gasteiger partial charge in [0.15, 0.2) is 11.6 Å². The minimum absolute atomic E-state index is 0.0923. The number of aromatic amines is 1. The highest BCUT2D eigenvalue weighted by Crippen LogP contribution is 2.56. The molecule has 1 saturated heterocycles. The number of carbonyl (C=O) groups is 1. The number of hydrogen-bond donors (Lipinski definition) is 3. The van der Waals surface area contributed by atoms with Crippen molar-refractivity contribution >= 4 is 50.3 Å². The number of rotatable bonds is 5. The van der Waals surface area contributed by atoms with E-state index in [0.717, 1.165) is 25.5 Å². The Kier molecular flexibility index (Phi) is 5.62. The Hall–Kier alpha value is -4.58. The molecule has 216 valence electrons. The van der Waals surface area contributed by atoms with Crippen LogP contribution in [0.25, 0.3) is 44.1 Å². The zero-order valence-electron chi connectivity index (χ0n) is 23.5. The summed E-state index contributed by atoms with van der Waals surface area (Å²) in [7, 11) is 7.38. The summed E-state index contributed by atoms with van der Waals surface area (Å²) in [4.78, 5) is 41.7. The van der Waals surface area contributed by atoms with Crippen LogP contribution in [0.3, 0.4) is 0 Å². The Morgan fingerprint density at radius 1 is 1.19 bits per heavy atom. The average molecular weight is 574 g/mol. The number of likely N-dealkylation sites (N-methyl/N-ethyl adjacent to an activating group) is 1. The van der Waals surface area contributed by atoms with E-state index in [1.165, 1.54) is 10.8 Å². The zero-order valence-corrected chi connectivity index (χ0v) is 23.5. The van der Waals surface area contributed by atoms with Gasteiger partial charge < -0.3 is 29.8 Å². The molecule has 7 rings (SSSR count). The van der Waals surface area contributed by atoms with Crippen molar-refractivity contribution in [1.82, 2.24) is 24.4 Å². The molecule has 0 amide bonds. The minimum Gasteiger partial charge on any atom is -0.477 e. The number of anilines is 2. The van der Waals surface area contributed by atoms with Crippen molar-refractivity contribution in [2.45, 2.75) is 18.9 Å². The summed E-state index contributed by atoms with van der Waals surface area (Å²) in [6.07, 6.45) is 6.65. The molecule has 5 heterocycles. The molecule has 1 atom stereocenters. The van der Waals surface area contributed by atoms with Gasteiger partial charge in [0.2, 0.25) is 5.43 Å². The van der Waals surface area contributed by atoms with E-state index in [1.54, 1.807) is 32.6 Å². The lowest BCUT2D eigenvalue weighted by Crippen LogP contribution is -2.36. The Labute approximate surface area is 238 Å². The standard InChI is InChI=1S/C30H29F2N7O3/c1-33-19-8-18(31)23(32)21-22-25(39-12-20(37(2)3)30(13-39)5-6-30)16(10-34-27(22)36-24(19)21)14-7-15-26(40)17(29(41)42)11-38(4)28(15)35-9-14/h7-11,20,33H,5-6,12-13H2,1-4H3,(H,34,36)(H,41,42). The van der Waals surface area contributed by atoms with Crippen LogP contribution in [0.1, 0.15) is 23.2 Å². The van der Waals surface area contributed by atoms with Crippen molar-refractivity contribution in [1.29, 1.82) is 0 Å². The summed E-state index contributed by atoms with van der Waals surface area (Å²) in [6, 6.07) is 2.99. The number of aryl methyl sites for hydroxylation is 1. The lowest BCUT2D eigenvalue weighted by atomic mass is 10.00. The summed E-state index contributed by atoms with van der Waals surface area (Å²) in [5, 5.41) is 13.2. The lowest BCUT2D eigenvalue weighted by molar-refractivity contribution is 0.0695. The first-order valence-electron chi connectivity index (χ1n) is 13.7. The number of nitrogens with zero attached hydrogens (tertiary/aromatic N) is 5. The first-order valence-corrected chi connectivity index (χ1v) is 13.7. The number of carboxylic acid groups (broad SMARTS) is 1. The minimum atomic E-state index is -1.33. The number of nitrogens with one attached hydrogen (secondary N) is 2. The molecule has 2 aliphatic rings. The highest BCUT2D eigenvalue weighted by Gasteiger charge is 2.56. The third-order valence-electron chi connectivity index (χ3n) is 9.03. The predicted molar refractivity (Wildman–Crippen MR) is 157 cm³/mol. The van der Waals surface area contributed by atoms with E-state index < -0.39 is 23.0 Å². The van der Waals surface area contributed by atoms with Gasteiger partial charge in [-0.25, -0.2) is 23.5 Å². The van der Waals surface area contributed by atoms with Crippen molar-refractivity contribution in [2.24, 2.45) is 12.5 Å². The number of halogens is 2. The van der Waals surface area contributed by atoms with Gasteiger partial charge in [-0.05, 0) is 33.0 Å². The molecule has 10 nitrogen and oxygen atoms in total. The van der Waals surface area contributed by atoms with E-state index >= 15 is 4.39 Å². The number of pyridine rings is 3. The van der Waals surface area contributed by atoms with Crippen LogP contribution in [0, 0.1) is 17.0 Å². The van der Waals surface area contributed by atoms with E-state index in [9.17, 15) is 19.1 Å². The van der Waals surface area contributed by atoms with E-state index in [1.807, 2.05) is 0 Å². The molecule has 1 saturated carbocycles. The molecule has 1 aliphatic carbocycles. The quantitative estimate of drug-likeness (QED) is 0.287. The Morgan fingerprint density at radius 2 is 1.95 bits per heavy atom. The largest absolute Gasteiger partial charge is 0.477 e. The number of fused-ring (bicyclic) bond motifs is 4. The lowest BCUT2D eigenvalue weighted by Gasteiger charge is -2.25. The van der Waals surface area contributed by atoms with E-state index in [4.69, 9.17) is 0 Å². The normalized spacial score (nSPS) is 17.8. The number of carboxylic acids is 1. The zero-order chi connectivity index (χ0) is 29.7. The number of aromatic nitrogens is 4. The smallest absolute Gasteiger partial charge is 0.341 e. The van der Waals surface area contributed by atoms with Crippen LogP contribution < -0.4 is 15.6 Å². The van der Waals surface area contributed by atoms with Crippen molar-refractivity contribution in [2.75, 3.05) is 44.4 Å². The van der Waals surface area contributed by atoms with Crippen LogP contribution in [-0.4, -0.2) is 75.8 Å². The second kappa shape index (κ2) is 8.96. The molecule has 1 aliphatic heterocycles. The second-order valence-corrected chi connectivity index (χ2v) is 11.7. The number of hydrogen-bond acceptors (Lipinski definition) is 7. The summed E-state index contributed by atoms with van der Waals surface area (Å²) in [6.45, 7) is 1.38. The highest BCUT2D eigenvalue weighted by molar-refractivity contribution is 6.18. The molecule has 3 N–H and O–H groups in total. The van der Waals surface area contributed by atoms with Crippen LogP contribution in [0.4, 0.5) is 20.2 Å². The Morgan fingerprint density at radius 3 is 2.60 bits per heavy atom. The fourth-order valence-corrected chi connectivity index (χ4v) is 6.83. The second-order valence-electron chi connectivity index (χ2n) is 11.7. The maximum Gasteiger partial charge on any atom is 0.341 e. The van der Waals surface area contributed by atoms with Crippen molar-refractivity contribution in [3.63, 3.8) is 0 Å². The summed E-state index contributed by atoms with van der Waals surface area (Å²) in [5.74, 6) is -3.28. The first kappa shape index (κ1) is 26.3. The topological polar surface area (TPSA) is 119 Å². The highest BCUT2D eigenvalue weighted by atomic mass is 19.2. The molecular weight excluding hydrogens is 544 g/mol. The average Bonchev–Trinajstić information content (AvgIpc) is 3.46. The summed E-state index contributed by atoms with van der Waals surface area (Å²) < 4.78 is 32.1. The monoisotopic (exact) mass is 573 g/mol. The molecule has 1 spiro atoms. The number of H-pyrrole nitrogens is 1. The molecular formula is C30H29F2N7O3. The van der Waals surface area contributed by atoms with E-state index in [2.05, 4.69) is 44.2 Å². The molecule has 42 heavy (non-hydrogen) atoms. The van der Waals surface area contributed by atoms with E-state index in [-0.39, 0.29) is 27.8 Å². The van der Waals surface area contributed by atoms with Gasteiger partial charge in [-0.3, -0.25) is 4.79 Å². The van der Waals surface area contributed by atoms with Gasteiger partial charge in [-0.2, -0.15) is 0 Å². The predicted octanol–water partition coefficient (Wildman–Crippen LogP) is 4.18. The number of benzene rings is 1. The van der Waals surface area contributed by atoms with Gasteiger partial charge in [-0.15, -0.1) is 0 Å². The van der Waals surface area contributed by atoms with Crippen LogP contribution in [-0.2, 0) is 7.05 Å². The molecule has 1 aromatic carbocycles. The SMILES string of the molecule is CNc1cc(F)c(F)c2c1[nH]c1ncc(-c3cnc4c(c3)c(=O)c(C(=O)O)cn4C)c(N3CC(N(C)C)C4(CC4)C3)c12. The number of aromatic carboxylic acids is 1. The van der Waals surface area contributed by atoms with Gasteiger partial charge >= 0.3 is 5.97 Å². The maximum absolute atomic E-state index is 15.7. The Balaban J connectivity index is 1.56. The molecule has 0 radical (unpaired) electrons. The van der Waals surface area contributed by atoms with Gasteiger partial charge in [0.25, 0.3) is 0 Å². The molecule has 2 fully saturated rings. The van der Waals surface area contributed by atoms with Crippen molar-refractivity contribution < 1.29 is 18.7 Å². The van der Waals surface area contributed by atoms with Crippen LogP contribution in [0.5, 0.6) is 0 Å². The Bertz CT molecular complexity index is 2030. The summed E-state index contributed by atoms with van der Waals surface area (Å²) >= 11 is 0. The van der Waals surface area contributed by atoms with Crippen molar-refractivity contribution in [3.8, 4) is 11.1 Å². The third-order valence-corrected chi connectivity index (χ3v) is 9.03. The fourth-order valence-electron chi connectivity index (χ4n) is 6.83. The molecule has 5 aromatic rings. The van der Waals surface area contributed by atoms with Crippen LogP contribution in [0.15, 0.2) is 35.5 Å². The fraction of sp³-hybridized carbons (Fsp3) is 0.333. The molecule has 4 aromatic heterocycles. The molecule has 0 bridgehead atoms. The summed E-state index contributed by atoms with van der Waals surface area (Å²) in [5.41, 5.74) is 2.39. The van der Waals surface area contributed by atoms with Gasteiger partial charge in [-0.1, -0.05) is 0 Å². The van der Waals surface area contributed by atoms with E-state index in [0.29, 0.717) is 51.2 Å². The van der Waals surface area contributed by atoms with Gasteiger partial charge in [0.1, 0.15) is 16.9 Å². The first-order chi connectivity index (χ1) is 20.0. The van der Waals surface area contributed by atoms with Gasteiger partial charge in [0.05, 0.1) is 33.1 Å². The van der Waals surface area contributed by atoms with Gasteiger partial charge in [0, 0.05) is 74.4 Å². The van der Waals surface area contributed by atoms with Crippen LogP contribution in [0.2, 0.25) is 0 Å². The van der Waals surface area contributed by atoms with Crippen molar-refractivity contribution in [3.05, 3.63) is 58.1 Å². The molecule has 1 unspecified atom stereocenters. The maximum atomic E-state index is 15.7. The molecule has 12 heteroatoms. The van der Waals surface area contributed by atoms with Crippen LogP contribution >= 0.6 is 0 Å².